The van der Waals surface area contributed by atoms with E-state index in [1.165, 1.54) is 5.30 Å². The molecule has 0 spiro atoms. The van der Waals surface area contributed by atoms with Crippen LogP contribution in [0.5, 0.6) is 11.5 Å². The van der Waals surface area contributed by atoms with Crippen LogP contribution in [-0.4, -0.2) is 32.2 Å². The van der Waals surface area contributed by atoms with Gasteiger partial charge in [-0.25, -0.2) is 0 Å². The molecule has 0 heterocycles. The fraction of sp³-hybridized carbons (Fsp3) is 0.333. The summed E-state index contributed by atoms with van der Waals surface area (Å²) < 4.78 is 10.3. The summed E-state index contributed by atoms with van der Waals surface area (Å²) in [6, 6.07) is 27.7. The van der Waals surface area contributed by atoms with E-state index >= 15 is 0 Å². The SMILES string of the molecule is CC[P+](CC)(c1ccccc1)[C@@H](C)C([S-])(c1ccc(OC)cc1)c1ccc(OC)cc1. The Kier molecular flexibility index (Phi) is 7.73. The highest BCUT2D eigenvalue weighted by molar-refractivity contribution is 7.84. The number of methoxy groups -OCH3 is 2. The van der Waals surface area contributed by atoms with Gasteiger partial charge in [-0.15, -0.1) is 0 Å². The van der Waals surface area contributed by atoms with Crippen molar-refractivity contribution in [2.75, 3.05) is 26.5 Å². The van der Waals surface area contributed by atoms with E-state index in [1.807, 2.05) is 24.3 Å². The lowest BCUT2D eigenvalue weighted by atomic mass is 9.87. The first-order valence-electron chi connectivity index (χ1n) is 10.9. The summed E-state index contributed by atoms with van der Waals surface area (Å²) >= 11 is 6.64. The monoisotopic (exact) mass is 452 g/mol. The summed E-state index contributed by atoms with van der Waals surface area (Å²) in [5.41, 5.74) is 2.56. The van der Waals surface area contributed by atoms with Gasteiger partial charge in [0.1, 0.15) is 11.5 Å². The summed E-state index contributed by atoms with van der Waals surface area (Å²) in [5.74, 6) is 1.69. The van der Waals surface area contributed by atoms with Gasteiger partial charge in [0.05, 0.1) is 37.5 Å². The molecule has 31 heavy (non-hydrogen) atoms. The Morgan fingerprint density at radius 3 is 1.52 bits per heavy atom. The standard InChI is InChI=1S/C27H33O2PS/c1-6-30(7-2,26-11-9-8-10-12-26)21(3)27(31,22-13-17-24(28-4)18-14-22)23-15-19-25(29-5)20-16-23/h8-21H,6-7H2,1-5H3/t21-/m0/s1. The number of hydrogen-bond acceptors (Lipinski definition) is 3. The molecule has 0 saturated heterocycles. The van der Waals surface area contributed by atoms with E-state index in [9.17, 15) is 0 Å². The van der Waals surface area contributed by atoms with Crippen LogP contribution in [0.1, 0.15) is 31.9 Å². The molecule has 0 aliphatic carbocycles. The maximum Gasteiger partial charge on any atom is 0.118 e. The van der Waals surface area contributed by atoms with Gasteiger partial charge in [0.15, 0.2) is 0 Å². The topological polar surface area (TPSA) is 18.5 Å². The van der Waals surface area contributed by atoms with Crippen molar-refractivity contribution in [3.8, 4) is 11.5 Å². The van der Waals surface area contributed by atoms with E-state index in [2.05, 4.69) is 75.4 Å². The molecular weight excluding hydrogens is 419 g/mol. The van der Waals surface area contributed by atoms with Crippen molar-refractivity contribution < 1.29 is 9.47 Å². The Bertz CT molecular complexity index is 903. The molecule has 0 amide bonds. The number of benzene rings is 3. The van der Waals surface area contributed by atoms with Gasteiger partial charge in [-0.3, -0.25) is 0 Å². The minimum atomic E-state index is -1.56. The number of hydrogen-bond donors (Lipinski definition) is 0. The van der Waals surface area contributed by atoms with Gasteiger partial charge in [0.25, 0.3) is 0 Å². The van der Waals surface area contributed by atoms with Crippen LogP contribution in [0.15, 0.2) is 78.9 Å². The molecule has 0 unspecified atom stereocenters. The van der Waals surface area contributed by atoms with E-state index in [0.717, 1.165) is 34.9 Å². The third-order valence-electron chi connectivity index (χ3n) is 6.77. The summed E-state index contributed by atoms with van der Waals surface area (Å²) in [6.45, 7) is 7.03. The quantitative estimate of drug-likeness (QED) is 0.282. The predicted octanol–water partition coefficient (Wildman–Crippen LogP) is 6.27. The van der Waals surface area contributed by atoms with Crippen molar-refractivity contribution in [2.24, 2.45) is 0 Å². The zero-order valence-corrected chi connectivity index (χ0v) is 20.9. The number of ether oxygens (including phenoxy) is 2. The van der Waals surface area contributed by atoms with Gasteiger partial charge in [0.2, 0.25) is 0 Å². The van der Waals surface area contributed by atoms with Gasteiger partial charge in [-0.2, -0.15) is 0 Å². The first-order chi connectivity index (χ1) is 15.0. The first kappa shape index (κ1) is 23.7. The second-order valence-corrected chi connectivity index (χ2v) is 13.1. The van der Waals surface area contributed by atoms with Crippen molar-refractivity contribution in [1.29, 1.82) is 0 Å². The molecule has 1 atom stereocenters. The van der Waals surface area contributed by atoms with E-state index < -0.39 is 12.0 Å². The van der Waals surface area contributed by atoms with Crippen molar-refractivity contribution in [2.45, 2.75) is 31.2 Å². The zero-order chi connectivity index (χ0) is 22.5. The summed E-state index contributed by atoms with van der Waals surface area (Å²) in [6.07, 6.45) is 2.25. The van der Waals surface area contributed by atoms with Gasteiger partial charge in [-0.1, -0.05) is 58.3 Å². The van der Waals surface area contributed by atoms with Gasteiger partial charge >= 0.3 is 0 Å². The summed E-state index contributed by atoms with van der Waals surface area (Å²) in [7, 11) is 1.84. The lowest BCUT2D eigenvalue weighted by Crippen LogP contribution is -2.42. The van der Waals surface area contributed by atoms with Crippen molar-refractivity contribution in [3.63, 3.8) is 0 Å². The van der Waals surface area contributed by atoms with E-state index in [-0.39, 0.29) is 5.66 Å². The molecule has 2 nitrogen and oxygen atoms in total. The van der Waals surface area contributed by atoms with E-state index in [4.69, 9.17) is 22.1 Å². The molecule has 0 bridgehead atoms. The first-order valence-corrected chi connectivity index (χ1v) is 13.5. The maximum absolute atomic E-state index is 6.64. The predicted molar refractivity (Wildman–Crippen MR) is 138 cm³/mol. The average Bonchev–Trinajstić information content (AvgIpc) is 2.85. The molecule has 0 aliphatic heterocycles. The highest BCUT2D eigenvalue weighted by Crippen LogP contribution is 2.66. The van der Waals surface area contributed by atoms with Crippen LogP contribution in [0, 0.1) is 0 Å². The Morgan fingerprint density at radius 1 is 0.742 bits per heavy atom. The van der Waals surface area contributed by atoms with Crippen LogP contribution < -0.4 is 14.8 Å². The Morgan fingerprint density at radius 2 is 1.16 bits per heavy atom. The minimum absolute atomic E-state index is 0.272. The molecule has 0 saturated carbocycles. The van der Waals surface area contributed by atoms with Crippen molar-refractivity contribution in [1.82, 2.24) is 0 Å². The molecule has 0 radical (unpaired) electrons. The molecule has 4 heteroatoms. The average molecular weight is 453 g/mol. The molecule has 0 aliphatic rings. The van der Waals surface area contributed by atoms with Crippen LogP contribution in [0.3, 0.4) is 0 Å². The van der Waals surface area contributed by atoms with E-state index in [1.54, 1.807) is 14.2 Å². The third-order valence-corrected chi connectivity index (χ3v) is 13.2. The Labute approximate surface area is 193 Å². The Hall–Kier alpha value is -1.96. The van der Waals surface area contributed by atoms with Crippen molar-refractivity contribution in [3.05, 3.63) is 90.0 Å². The smallest absolute Gasteiger partial charge is 0.118 e. The number of rotatable bonds is 9. The lowest BCUT2D eigenvalue weighted by molar-refractivity contribution is 0.414. The van der Waals surface area contributed by atoms with Crippen LogP contribution in [0.4, 0.5) is 0 Å². The maximum atomic E-state index is 6.64. The second kappa shape index (κ2) is 10.1. The molecule has 3 aromatic carbocycles. The van der Waals surface area contributed by atoms with Gasteiger partial charge < -0.3 is 22.1 Å². The summed E-state index contributed by atoms with van der Waals surface area (Å²) in [4.78, 5) is 0. The summed E-state index contributed by atoms with van der Waals surface area (Å²) in [5, 5.41) is 1.46. The minimum Gasteiger partial charge on any atom is -0.773 e. The highest BCUT2D eigenvalue weighted by Gasteiger charge is 2.48. The molecule has 3 aromatic rings. The normalized spacial score (nSPS) is 13.0. The largest absolute Gasteiger partial charge is 0.773 e. The Balaban J connectivity index is 2.22. The molecule has 164 valence electrons. The van der Waals surface area contributed by atoms with Crippen LogP contribution in [-0.2, 0) is 17.4 Å². The molecular formula is C27H33O2PS. The second-order valence-electron chi connectivity index (χ2n) is 7.87. The fourth-order valence-electron chi connectivity index (χ4n) is 4.76. The van der Waals surface area contributed by atoms with E-state index in [0.29, 0.717) is 0 Å². The molecule has 3 rings (SSSR count). The van der Waals surface area contributed by atoms with Crippen LogP contribution in [0.25, 0.3) is 0 Å². The third kappa shape index (κ3) is 4.36. The van der Waals surface area contributed by atoms with Crippen molar-refractivity contribution >= 4 is 25.2 Å². The molecule has 0 N–H and O–H groups in total. The molecule has 0 fully saturated rings. The van der Waals surface area contributed by atoms with Gasteiger partial charge in [0, 0.05) is 7.26 Å². The highest BCUT2D eigenvalue weighted by atomic mass is 32.1. The van der Waals surface area contributed by atoms with Gasteiger partial charge in [-0.05, 0) is 57.2 Å². The molecule has 0 aromatic heterocycles. The van der Waals surface area contributed by atoms with Crippen LogP contribution in [0.2, 0.25) is 0 Å². The van der Waals surface area contributed by atoms with Crippen LogP contribution >= 0.6 is 7.26 Å². The lowest BCUT2D eigenvalue weighted by Gasteiger charge is -2.51. The fourth-order valence-corrected chi connectivity index (χ4v) is 10.1. The zero-order valence-electron chi connectivity index (χ0n) is 19.2.